The first kappa shape index (κ1) is 30.2. The van der Waals surface area contributed by atoms with Gasteiger partial charge in [-0.2, -0.15) is 4.39 Å². The van der Waals surface area contributed by atoms with E-state index in [1.807, 2.05) is 4.90 Å². The molecule has 1 spiro atoms. The molecule has 2 saturated heterocycles. The van der Waals surface area contributed by atoms with E-state index < -0.39 is 52.2 Å². The fourth-order valence-corrected chi connectivity index (χ4v) is 7.07. The lowest BCUT2D eigenvalue weighted by Gasteiger charge is -2.35. The number of carbonyl (C=O) groups excluding carboxylic acids is 2. The minimum Gasteiger partial charge on any atom is -0.465 e. The molecule has 3 aliphatic rings. The van der Waals surface area contributed by atoms with Gasteiger partial charge < -0.3 is 19.9 Å². The van der Waals surface area contributed by atoms with Crippen molar-refractivity contribution in [2.75, 3.05) is 53.7 Å². The Morgan fingerprint density at radius 3 is 2.36 bits per heavy atom. The predicted molar refractivity (Wildman–Crippen MR) is 156 cm³/mol. The summed E-state index contributed by atoms with van der Waals surface area (Å²) in [5, 5.41) is 2.69. The van der Waals surface area contributed by atoms with Gasteiger partial charge in [0.05, 0.1) is 35.1 Å². The number of nitrogens with zero attached hydrogens (tertiary/aromatic N) is 5. The van der Waals surface area contributed by atoms with Gasteiger partial charge in [0.25, 0.3) is 11.8 Å². The molecule has 1 N–H and O–H groups in total. The Hall–Kier alpha value is -3.88. The number of ether oxygens (including phenoxy) is 1. The minimum atomic E-state index is -4.06. The van der Waals surface area contributed by atoms with Crippen LogP contribution in [-0.2, 0) is 19.4 Å². The van der Waals surface area contributed by atoms with Crippen molar-refractivity contribution in [3.63, 3.8) is 0 Å². The van der Waals surface area contributed by atoms with Gasteiger partial charge in [-0.25, -0.2) is 27.2 Å². The zero-order valence-corrected chi connectivity index (χ0v) is 25.0. The molecule has 0 radical (unpaired) electrons. The van der Waals surface area contributed by atoms with Crippen LogP contribution in [0.4, 0.5) is 30.5 Å². The zero-order valence-electron chi connectivity index (χ0n) is 24.2. The summed E-state index contributed by atoms with van der Waals surface area (Å²) in [6.45, 7) is 2.82. The summed E-state index contributed by atoms with van der Waals surface area (Å²) in [6, 6.07) is 4.05. The molecular formula is C29H33F3N6O5S. The molecule has 1 aliphatic carbocycles. The second-order valence-electron chi connectivity index (χ2n) is 11.8. The van der Waals surface area contributed by atoms with Crippen LogP contribution in [0.15, 0.2) is 35.5 Å². The van der Waals surface area contributed by atoms with Crippen molar-refractivity contribution in [1.29, 1.82) is 0 Å². The van der Waals surface area contributed by atoms with Crippen LogP contribution >= 0.6 is 0 Å². The summed E-state index contributed by atoms with van der Waals surface area (Å²) >= 11 is 0. The molecule has 236 valence electrons. The number of amides is 1. The number of nitrogens with one attached hydrogen (secondary N) is 1. The van der Waals surface area contributed by atoms with Gasteiger partial charge in [-0.05, 0) is 56.2 Å². The molecule has 0 bridgehead atoms. The maximum absolute atomic E-state index is 14.7. The van der Waals surface area contributed by atoms with Crippen LogP contribution in [-0.4, -0.2) is 79.1 Å². The Kier molecular flexibility index (Phi) is 7.70. The quantitative estimate of drug-likeness (QED) is 0.365. The van der Waals surface area contributed by atoms with Gasteiger partial charge in [0.1, 0.15) is 0 Å². The van der Waals surface area contributed by atoms with Gasteiger partial charge in [-0.1, -0.05) is 0 Å². The molecule has 44 heavy (non-hydrogen) atoms. The summed E-state index contributed by atoms with van der Waals surface area (Å²) in [6.07, 6.45) is 5.57. The molecule has 3 fully saturated rings. The molecule has 4 heterocycles. The van der Waals surface area contributed by atoms with Gasteiger partial charge in [0.15, 0.2) is 32.9 Å². The topological polar surface area (TPSA) is 126 Å². The van der Waals surface area contributed by atoms with E-state index in [9.17, 15) is 31.2 Å². The third-order valence-corrected chi connectivity index (χ3v) is 10.4. The number of imidazole rings is 1. The van der Waals surface area contributed by atoms with Crippen LogP contribution in [0.2, 0.25) is 0 Å². The normalized spacial score (nSPS) is 19.3. The number of rotatable bonds is 8. The number of aromatic nitrogens is 3. The SMILES string of the molecule is CCOC(=O)CS(=O)(=O)c1ccc(C(=O)Nc2cn3c(F)cnc3c(N3CCC(F)(F)CC3)n2)c(N2CCC3(CC2)CC3)c1. The van der Waals surface area contributed by atoms with Crippen LogP contribution in [0.1, 0.15) is 55.8 Å². The lowest BCUT2D eigenvalue weighted by Crippen LogP contribution is -2.40. The van der Waals surface area contributed by atoms with Crippen LogP contribution in [0.5, 0.6) is 0 Å². The maximum atomic E-state index is 14.7. The van der Waals surface area contributed by atoms with Crippen molar-refractivity contribution in [3.05, 3.63) is 42.1 Å². The number of esters is 1. The fourth-order valence-electron chi connectivity index (χ4n) is 5.94. The Labute approximate surface area is 252 Å². The average molecular weight is 635 g/mol. The Morgan fingerprint density at radius 2 is 1.70 bits per heavy atom. The Balaban J connectivity index is 1.32. The molecule has 3 aromatic rings. The van der Waals surface area contributed by atoms with Crippen LogP contribution in [0.3, 0.4) is 0 Å². The largest absolute Gasteiger partial charge is 0.465 e. The number of alkyl halides is 2. The number of piperidine rings is 2. The molecule has 1 amide bonds. The summed E-state index contributed by atoms with van der Waals surface area (Å²) in [7, 11) is -4.06. The van der Waals surface area contributed by atoms with Crippen molar-refractivity contribution >= 4 is 44.7 Å². The van der Waals surface area contributed by atoms with E-state index >= 15 is 0 Å². The first-order valence-electron chi connectivity index (χ1n) is 14.6. The van der Waals surface area contributed by atoms with Crippen LogP contribution < -0.4 is 15.1 Å². The van der Waals surface area contributed by atoms with E-state index in [-0.39, 0.29) is 47.4 Å². The van der Waals surface area contributed by atoms with Crippen molar-refractivity contribution < 1.29 is 35.9 Å². The van der Waals surface area contributed by atoms with Crippen LogP contribution in [0, 0.1) is 11.4 Å². The van der Waals surface area contributed by atoms with E-state index in [1.54, 1.807) is 11.8 Å². The van der Waals surface area contributed by atoms with Crippen molar-refractivity contribution in [1.82, 2.24) is 14.4 Å². The van der Waals surface area contributed by atoms with E-state index in [0.717, 1.165) is 36.3 Å². The number of hydrogen-bond donors (Lipinski definition) is 1. The van der Waals surface area contributed by atoms with Crippen molar-refractivity contribution in [2.24, 2.45) is 5.41 Å². The smallest absolute Gasteiger partial charge is 0.321 e. The lowest BCUT2D eigenvalue weighted by molar-refractivity contribution is -0.139. The first-order valence-corrected chi connectivity index (χ1v) is 16.3. The summed E-state index contributed by atoms with van der Waals surface area (Å²) < 4.78 is 74.4. The molecule has 0 unspecified atom stereocenters. The van der Waals surface area contributed by atoms with E-state index in [4.69, 9.17) is 4.74 Å². The second kappa shape index (κ2) is 11.2. The van der Waals surface area contributed by atoms with E-state index in [0.29, 0.717) is 24.2 Å². The minimum absolute atomic E-state index is 0.0239. The number of carbonyl (C=O) groups is 2. The molecule has 1 saturated carbocycles. The predicted octanol–water partition coefficient (Wildman–Crippen LogP) is 4.07. The summed E-state index contributed by atoms with van der Waals surface area (Å²) in [5.41, 5.74) is 0.996. The van der Waals surface area contributed by atoms with Crippen molar-refractivity contribution in [3.8, 4) is 0 Å². The molecule has 11 nitrogen and oxygen atoms in total. The number of benzene rings is 1. The molecule has 2 aliphatic heterocycles. The highest BCUT2D eigenvalue weighted by Crippen LogP contribution is 2.54. The van der Waals surface area contributed by atoms with Crippen LogP contribution in [0.25, 0.3) is 5.65 Å². The summed E-state index contributed by atoms with van der Waals surface area (Å²) in [5.74, 6) is -5.73. The third kappa shape index (κ3) is 6.06. The molecule has 6 rings (SSSR count). The van der Waals surface area contributed by atoms with Gasteiger partial charge in [-0.3, -0.25) is 14.0 Å². The molecular weight excluding hydrogens is 601 g/mol. The maximum Gasteiger partial charge on any atom is 0.321 e. The molecule has 1 aromatic carbocycles. The highest BCUT2D eigenvalue weighted by Gasteiger charge is 2.45. The molecule has 2 aromatic heterocycles. The van der Waals surface area contributed by atoms with Gasteiger partial charge in [-0.15, -0.1) is 0 Å². The lowest BCUT2D eigenvalue weighted by atomic mass is 9.93. The fraction of sp³-hybridized carbons (Fsp3) is 0.517. The highest BCUT2D eigenvalue weighted by molar-refractivity contribution is 7.92. The zero-order chi connectivity index (χ0) is 31.3. The number of hydrogen-bond acceptors (Lipinski definition) is 9. The average Bonchev–Trinajstić information content (AvgIpc) is 3.63. The van der Waals surface area contributed by atoms with Gasteiger partial charge in [0, 0.05) is 39.0 Å². The Bertz CT molecular complexity index is 1710. The third-order valence-electron chi connectivity index (χ3n) is 8.77. The van der Waals surface area contributed by atoms with Gasteiger partial charge >= 0.3 is 5.97 Å². The highest BCUT2D eigenvalue weighted by atomic mass is 32.2. The number of halogens is 3. The van der Waals surface area contributed by atoms with E-state index in [2.05, 4.69) is 15.3 Å². The van der Waals surface area contributed by atoms with Crippen molar-refractivity contribution in [2.45, 2.75) is 56.3 Å². The first-order chi connectivity index (χ1) is 20.9. The second-order valence-corrected chi connectivity index (χ2v) is 13.7. The summed E-state index contributed by atoms with van der Waals surface area (Å²) in [4.78, 5) is 37.7. The number of sulfone groups is 1. The Morgan fingerprint density at radius 1 is 1.02 bits per heavy atom. The van der Waals surface area contributed by atoms with E-state index in [1.165, 1.54) is 24.4 Å². The number of anilines is 3. The monoisotopic (exact) mass is 634 g/mol. The number of fused-ring (bicyclic) bond motifs is 1. The van der Waals surface area contributed by atoms with Gasteiger partial charge in [0.2, 0.25) is 5.95 Å². The molecule has 15 heteroatoms. The molecule has 0 atom stereocenters. The standard InChI is InChI=1S/C29H33F3N6O5S/c1-2-43-24(39)18-44(41,42)19-3-4-20(21(15-19)36-11-7-28(5-6-28)8-12-36)27(40)35-23-17-38-22(30)16-33-25(38)26(34-23)37-13-9-29(31,32)10-14-37/h3-4,15-17H,2,5-14,18H2,1H3,(H,35,40).